The molecular formula is C21H30. The minimum atomic E-state index is 0.312. The van der Waals surface area contributed by atoms with Crippen molar-refractivity contribution in [2.75, 3.05) is 0 Å². The molecule has 0 unspecified atom stereocenters. The quantitative estimate of drug-likeness (QED) is 0.389. The van der Waals surface area contributed by atoms with Crippen LogP contribution in [0, 0.1) is 5.41 Å². The molecule has 0 spiro atoms. The summed E-state index contributed by atoms with van der Waals surface area (Å²) in [5.41, 5.74) is 9.29. The fourth-order valence-electron chi connectivity index (χ4n) is 2.83. The van der Waals surface area contributed by atoms with Gasteiger partial charge in [0.05, 0.1) is 0 Å². The Balaban J connectivity index is 2.76. The van der Waals surface area contributed by atoms with Crippen LogP contribution in [0.4, 0.5) is 0 Å². The first-order valence-electron chi connectivity index (χ1n) is 7.93. The van der Waals surface area contributed by atoms with Crippen LogP contribution in [0.3, 0.4) is 0 Å². The van der Waals surface area contributed by atoms with Gasteiger partial charge in [-0.15, -0.1) is 5.73 Å². The van der Waals surface area contributed by atoms with Crippen molar-refractivity contribution in [3.05, 3.63) is 65.0 Å². The molecule has 1 aliphatic carbocycles. The van der Waals surface area contributed by atoms with E-state index in [-0.39, 0.29) is 0 Å². The van der Waals surface area contributed by atoms with Crippen molar-refractivity contribution in [3.8, 4) is 0 Å². The monoisotopic (exact) mass is 282 g/mol. The van der Waals surface area contributed by atoms with E-state index in [1.165, 1.54) is 35.1 Å². The molecule has 0 saturated carbocycles. The van der Waals surface area contributed by atoms with Gasteiger partial charge in [-0.1, -0.05) is 55.9 Å². The van der Waals surface area contributed by atoms with Crippen LogP contribution >= 0.6 is 0 Å². The second-order valence-corrected chi connectivity index (χ2v) is 6.71. The summed E-state index contributed by atoms with van der Waals surface area (Å²) < 4.78 is 0. The van der Waals surface area contributed by atoms with Gasteiger partial charge < -0.3 is 0 Å². The maximum absolute atomic E-state index is 3.72. The average Bonchev–Trinajstić information content (AvgIpc) is 2.37. The van der Waals surface area contributed by atoms with Gasteiger partial charge in [0, 0.05) is 0 Å². The molecule has 0 bridgehead atoms. The van der Waals surface area contributed by atoms with Crippen LogP contribution in [0.2, 0.25) is 0 Å². The van der Waals surface area contributed by atoms with E-state index >= 15 is 0 Å². The van der Waals surface area contributed by atoms with E-state index in [4.69, 9.17) is 0 Å². The molecule has 0 nitrogen and oxygen atoms in total. The zero-order chi connectivity index (χ0) is 15.9. The molecular weight excluding hydrogens is 252 g/mol. The summed E-state index contributed by atoms with van der Waals surface area (Å²) in [4.78, 5) is 0. The summed E-state index contributed by atoms with van der Waals surface area (Å²) >= 11 is 0. The molecule has 21 heavy (non-hydrogen) atoms. The summed E-state index contributed by atoms with van der Waals surface area (Å²) in [6.45, 7) is 15.0. The largest absolute Gasteiger partial charge is 0.126 e. The van der Waals surface area contributed by atoms with Gasteiger partial charge >= 0.3 is 0 Å². The minimum absolute atomic E-state index is 0.312. The van der Waals surface area contributed by atoms with Crippen molar-refractivity contribution < 1.29 is 0 Å². The number of allylic oxidation sites excluding steroid dienone is 8. The fourth-order valence-corrected chi connectivity index (χ4v) is 2.83. The fraction of sp³-hybridized carbons (Fsp3) is 0.476. The van der Waals surface area contributed by atoms with Gasteiger partial charge in [0.15, 0.2) is 0 Å². The molecule has 0 aromatic heterocycles. The first-order valence-corrected chi connectivity index (χ1v) is 7.93. The molecule has 0 amide bonds. The Morgan fingerprint density at radius 3 is 2.67 bits per heavy atom. The molecule has 0 aromatic carbocycles. The van der Waals surface area contributed by atoms with Crippen LogP contribution in [-0.4, -0.2) is 0 Å². The van der Waals surface area contributed by atoms with Crippen LogP contribution < -0.4 is 0 Å². The van der Waals surface area contributed by atoms with Crippen LogP contribution in [0.1, 0.15) is 60.3 Å². The Bertz CT molecular complexity index is 526. The smallest absolute Gasteiger partial charge is 0.00593 e. The number of hydrogen-bond donors (Lipinski definition) is 0. The second kappa shape index (κ2) is 8.05. The van der Waals surface area contributed by atoms with Crippen LogP contribution in [0.15, 0.2) is 65.0 Å². The molecule has 0 fully saturated rings. The molecule has 0 heterocycles. The molecule has 1 aliphatic rings. The molecule has 0 N–H and O–H groups in total. The van der Waals surface area contributed by atoms with E-state index in [0.29, 0.717) is 5.41 Å². The molecule has 0 atom stereocenters. The SMILES string of the molecule is C=C/C=C(\C)CC=C=C(C)C/C=C1\C(C)=CCCC1(C)C. The Kier molecular flexibility index (Phi) is 6.72. The Morgan fingerprint density at radius 1 is 1.33 bits per heavy atom. The summed E-state index contributed by atoms with van der Waals surface area (Å²) in [7, 11) is 0. The van der Waals surface area contributed by atoms with E-state index < -0.39 is 0 Å². The summed E-state index contributed by atoms with van der Waals surface area (Å²) in [5.74, 6) is 0. The highest BCUT2D eigenvalue weighted by atomic mass is 14.3. The highest BCUT2D eigenvalue weighted by Crippen LogP contribution is 2.40. The summed E-state index contributed by atoms with van der Waals surface area (Å²) in [6, 6.07) is 0. The van der Waals surface area contributed by atoms with Crippen LogP contribution in [0.5, 0.6) is 0 Å². The second-order valence-electron chi connectivity index (χ2n) is 6.71. The Morgan fingerprint density at radius 2 is 2.05 bits per heavy atom. The predicted octanol–water partition coefficient (Wildman–Crippen LogP) is 6.69. The van der Waals surface area contributed by atoms with E-state index in [9.17, 15) is 0 Å². The topological polar surface area (TPSA) is 0 Å². The predicted molar refractivity (Wildman–Crippen MR) is 95.3 cm³/mol. The van der Waals surface area contributed by atoms with E-state index in [1.54, 1.807) is 0 Å². The van der Waals surface area contributed by atoms with Crippen molar-refractivity contribution in [1.82, 2.24) is 0 Å². The highest BCUT2D eigenvalue weighted by molar-refractivity contribution is 5.37. The van der Waals surface area contributed by atoms with Crippen LogP contribution in [0.25, 0.3) is 0 Å². The zero-order valence-electron chi connectivity index (χ0n) is 14.4. The van der Waals surface area contributed by atoms with Gasteiger partial charge in [-0.3, -0.25) is 0 Å². The van der Waals surface area contributed by atoms with Crippen molar-refractivity contribution in [1.29, 1.82) is 0 Å². The van der Waals surface area contributed by atoms with Gasteiger partial charge in [-0.2, -0.15) is 0 Å². The van der Waals surface area contributed by atoms with Crippen molar-refractivity contribution in [2.24, 2.45) is 5.41 Å². The van der Waals surface area contributed by atoms with E-state index in [0.717, 1.165) is 12.8 Å². The van der Waals surface area contributed by atoms with Gasteiger partial charge in [-0.25, -0.2) is 0 Å². The first-order chi connectivity index (χ1) is 9.86. The highest BCUT2D eigenvalue weighted by Gasteiger charge is 2.26. The molecule has 0 aromatic rings. The lowest BCUT2D eigenvalue weighted by Crippen LogP contribution is -2.18. The third kappa shape index (κ3) is 5.78. The number of hydrogen-bond acceptors (Lipinski definition) is 0. The normalized spacial score (nSPS) is 19.8. The average molecular weight is 282 g/mol. The van der Waals surface area contributed by atoms with Crippen molar-refractivity contribution >= 4 is 0 Å². The standard InChI is InChI=1S/C21H30/c1-7-10-17(2)11-8-12-18(3)14-15-20-19(4)13-9-16-21(20,5)6/h7-8,10,13,15H,1,9,11,14,16H2,2-6H3/b17-10+,20-15+. The van der Waals surface area contributed by atoms with Gasteiger partial charge in [0.1, 0.15) is 0 Å². The van der Waals surface area contributed by atoms with E-state index in [1.807, 2.05) is 12.2 Å². The third-order valence-corrected chi connectivity index (χ3v) is 4.16. The lowest BCUT2D eigenvalue weighted by molar-refractivity contribution is 0.403. The van der Waals surface area contributed by atoms with Crippen LogP contribution in [-0.2, 0) is 0 Å². The maximum Gasteiger partial charge on any atom is -0.00593 e. The summed E-state index contributed by atoms with van der Waals surface area (Å²) in [6.07, 6.45) is 15.2. The zero-order valence-corrected chi connectivity index (χ0v) is 14.4. The molecule has 0 radical (unpaired) electrons. The van der Waals surface area contributed by atoms with Gasteiger partial charge in [-0.05, 0) is 69.1 Å². The Hall–Kier alpha value is -1.52. The Labute approximate surface area is 131 Å². The van der Waals surface area contributed by atoms with Crippen molar-refractivity contribution in [2.45, 2.75) is 60.3 Å². The van der Waals surface area contributed by atoms with Crippen molar-refractivity contribution in [3.63, 3.8) is 0 Å². The molecule has 1 rings (SSSR count). The van der Waals surface area contributed by atoms with Gasteiger partial charge in [0.2, 0.25) is 0 Å². The van der Waals surface area contributed by atoms with Gasteiger partial charge in [0.25, 0.3) is 0 Å². The first kappa shape index (κ1) is 17.5. The molecule has 114 valence electrons. The maximum atomic E-state index is 3.72. The lowest BCUT2D eigenvalue weighted by atomic mass is 9.73. The lowest BCUT2D eigenvalue weighted by Gasteiger charge is -2.32. The summed E-state index contributed by atoms with van der Waals surface area (Å²) in [5, 5.41) is 0. The molecule has 0 aliphatic heterocycles. The third-order valence-electron chi connectivity index (χ3n) is 4.16. The van der Waals surface area contributed by atoms with E-state index in [2.05, 4.69) is 65.2 Å². The number of rotatable bonds is 5. The molecule has 0 heteroatoms. The molecule has 0 saturated heterocycles. The minimum Gasteiger partial charge on any atom is -0.126 e.